The highest BCUT2D eigenvalue weighted by Gasteiger charge is 2.25. The van der Waals surface area contributed by atoms with Gasteiger partial charge in [-0.1, -0.05) is 23.8 Å². The Morgan fingerprint density at radius 2 is 1.65 bits per heavy atom. The first kappa shape index (κ1) is 25.0. The maximum Gasteiger partial charge on any atom is 0.281 e. The third-order valence-electron chi connectivity index (χ3n) is 4.66. The lowest BCUT2D eigenvalue weighted by Gasteiger charge is -2.22. The van der Waals surface area contributed by atoms with Gasteiger partial charge in [-0.25, -0.2) is 9.71 Å². The Morgan fingerprint density at radius 3 is 2.24 bits per heavy atom. The molecule has 0 saturated carbocycles. The Kier molecular flexibility index (Phi) is 6.83. The van der Waals surface area contributed by atoms with Crippen molar-refractivity contribution in [3.05, 3.63) is 64.7 Å². The molecule has 180 valence electrons. The van der Waals surface area contributed by atoms with Gasteiger partial charge in [-0.3, -0.25) is 4.79 Å². The van der Waals surface area contributed by atoms with E-state index in [0.717, 1.165) is 16.7 Å². The van der Waals surface area contributed by atoms with Gasteiger partial charge in [0.25, 0.3) is 15.9 Å². The Labute approximate surface area is 199 Å². The second-order valence-electron chi connectivity index (χ2n) is 9.09. The van der Waals surface area contributed by atoms with Gasteiger partial charge in [0.2, 0.25) is 5.88 Å². The number of rotatable bonds is 6. The first-order valence-corrected chi connectivity index (χ1v) is 12.1. The molecule has 2 heterocycles. The summed E-state index contributed by atoms with van der Waals surface area (Å²) in [6, 6.07) is 11.1. The number of sulfonamides is 1. The third-order valence-corrected chi connectivity index (χ3v) is 5.89. The van der Waals surface area contributed by atoms with Crippen LogP contribution >= 0.6 is 0 Å². The number of anilines is 2. The van der Waals surface area contributed by atoms with Gasteiger partial charge in [0.05, 0.1) is 0 Å². The normalized spacial score (nSPS) is 11.7. The number of nitrogens with two attached hydrogens (primary N) is 1. The van der Waals surface area contributed by atoms with Crippen molar-refractivity contribution in [2.75, 3.05) is 11.1 Å². The molecule has 10 heteroatoms. The third kappa shape index (κ3) is 6.02. The van der Waals surface area contributed by atoms with Crippen molar-refractivity contribution in [2.24, 2.45) is 0 Å². The fourth-order valence-electron chi connectivity index (χ4n) is 3.38. The van der Waals surface area contributed by atoms with Crippen molar-refractivity contribution >= 4 is 27.6 Å². The van der Waals surface area contributed by atoms with Crippen molar-refractivity contribution < 1.29 is 17.9 Å². The lowest BCUT2D eigenvalue weighted by Crippen LogP contribution is -2.32. The minimum absolute atomic E-state index is 0.0175. The van der Waals surface area contributed by atoms with E-state index in [9.17, 15) is 13.2 Å². The fourth-order valence-corrected chi connectivity index (χ4v) is 4.32. The summed E-state index contributed by atoms with van der Waals surface area (Å²) in [5.41, 5.74) is 8.02. The summed E-state index contributed by atoms with van der Waals surface area (Å²) in [4.78, 5) is 21.3. The lowest BCUT2D eigenvalue weighted by molar-refractivity contribution is 0.0978. The maximum absolute atomic E-state index is 13.1. The van der Waals surface area contributed by atoms with Crippen LogP contribution in [-0.2, 0) is 10.0 Å². The van der Waals surface area contributed by atoms with Crippen molar-refractivity contribution in [3.63, 3.8) is 0 Å². The summed E-state index contributed by atoms with van der Waals surface area (Å²) < 4.78 is 33.6. The number of aryl methyl sites for hydroxylation is 3. The minimum atomic E-state index is -4.27. The minimum Gasteiger partial charge on any atom is -0.438 e. The van der Waals surface area contributed by atoms with E-state index in [1.54, 1.807) is 6.07 Å². The molecule has 0 radical (unpaired) electrons. The van der Waals surface area contributed by atoms with Gasteiger partial charge >= 0.3 is 0 Å². The number of nitrogen functional groups attached to an aromatic ring is 1. The molecule has 4 N–H and O–H groups in total. The molecule has 0 aliphatic rings. The molecule has 3 aromatic rings. The largest absolute Gasteiger partial charge is 0.438 e. The molecule has 0 fully saturated rings. The predicted molar refractivity (Wildman–Crippen MR) is 132 cm³/mol. The first-order chi connectivity index (χ1) is 15.7. The van der Waals surface area contributed by atoms with Crippen LogP contribution in [0.2, 0.25) is 0 Å². The molecule has 2 aromatic heterocycles. The number of nitrogens with zero attached hydrogens (tertiary/aromatic N) is 2. The van der Waals surface area contributed by atoms with E-state index >= 15 is 0 Å². The standard InChI is InChI=1S/C24H29N5O4S/c1-14-12-15(2)21(16(3)13-14)33-23-17(10-11-19(27-23)28-24(4,5)6)22(30)29-34(31,32)20-9-7-8-18(25)26-20/h7-13H,1-6H3,(H2,25,26)(H,27,28)(H,29,30). The number of ether oxygens (including phenoxy) is 1. The summed E-state index contributed by atoms with van der Waals surface area (Å²) in [5.74, 6) is 0.0974. The monoisotopic (exact) mass is 483 g/mol. The van der Waals surface area contributed by atoms with E-state index in [-0.39, 0.29) is 27.8 Å². The van der Waals surface area contributed by atoms with Gasteiger partial charge in [0.15, 0.2) is 5.03 Å². The number of pyridine rings is 2. The quantitative estimate of drug-likeness (QED) is 0.477. The fraction of sp³-hybridized carbons (Fsp3) is 0.292. The van der Waals surface area contributed by atoms with Crippen LogP contribution in [0.15, 0.2) is 47.5 Å². The molecule has 1 aromatic carbocycles. The van der Waals surface area contributed by atoms with Gasteiger partial charge in [0.1, 0.15) is 22.9 Å². The molecule has 3 rings (SSSR count). The van der Waals surface area contributed by atoms with E-state index in [1.165, 1.54) is 24.3 Å². The molecule has 9 nitrogen and oxygen atoms in total. The lowest BCUT2D eigenvalue weighted by atomic mass is 10.1. The van der Waals surface area contributed by atoms with Crippen LogP contribution in [0.3, 0.4) is 0 Å². The van der Waals surface area contributed by atoms with Gasteiger partial charge in [0, 0.05) is 5.54 Å². The maximum atomic E-state index is 13.1. The zero-order chi connectivity index (χ0) is 25.3. The SMILES string of the molecule is Cc1cc(C)c(Oc2nc(NC(C)(C)C)ccc2C(=O)NS(=O)(=O)c2cccc(N)n2)c(C)c1. The Morgan fingerprint density at radius 1 is 1.00 bits per heavy atom. The van der Waals surface area contributed by atoms with Crippen LogP contribution in [0.1, 0.15) is 47.8 Å². The van der Waals surface area contributed by atoms with E-state index in [4.69, 9.17) is 10.5 Å². The molecule has 0 unspecified atom stereocenters. The molecular weight excluding hydrogens is 454 g/mol. The molecule has 0 atom stereocenters. The molecule has 0 saturated heterocycles. The van der Waals surface area contributed by atoms with E-state index < -0.39 is 15.9 Å². The second kappa shape index (κ2) is 9.30. The van der Waals surface area contributed by atoms with Gasteiger partial charge in [-0.15, -0.1) is 0 Å². The number of aromatic nitrogens is 2. The number of carbonyl (C=O) groups is 1. The van der Waals surface area contributed by atoms with Crippen LogP contribution in [0, 0.1) is 20.8 Å². The van der Waals surface area contributed by atoms with Crippen LogP contribution in [0.25, 0.3) is 0 Å². The second-order valence-corrected chi connectivity index (χ2v) is 10.7. The summed E-state index contributed by atoms with van der Waals surface area (Å²) in [5, 5.41) is 2.86. The molecule has 0 spiro atoms. The Bertz CT molecular complexity index is 1320. The summed E-state index contributed by atoms with van der Waals surface area (Å²) in [6.45, 7) is 11.7. The highest BCUT2D eigenvalue weighted by molar-refractivity contribution is 7.90. The van der Waals surface area contributed by atoms with Crippen LogP contribution in [0.4, 0.5) is 11.6 Å². The molecule has 0 aliphatic carbocycles. The van der Waals surface area contributed by atoms with Gasteiger partial charge < -0.3 is 15.8 Å². The zero-order valence-corrected chi connectivity index (χ0v) is 20.9. The summed E-state index contributed by atoms with van der Waals surface area (Å²) in [7, 11) is -4.27. The molecule has 34 heavy (non-hydrogen) atoms. The topological polar surface area (TPSA) is 136 Å². The zero-order valence-electron chi connectivity index (χ0n) is 20.1. The summed E-state index contributed by atoms with van der Waals surface area (Å²) in [6.07, 6.45) is 0. The first-order valence-electron chi connectivity index (χ1n) is 10.6. The average molecular weight is 484 g/mol. The van der Waals surface area contributed by atoms with Crippen molar-refractivity contribution in [3.8, 4) is 11.6 Å². The molecule has 0 aliphatic heterocycles. The Hall–Kier alpha value is -3.66. The molecular formula is C24H29N5O4S. The van der Waals surface area contributed by atoms with Gasteiger partial charge in [-0.05, 0) is 76.9 Å². The number of carbonyl (C=O) groups excluding carboxylic acids is 1. The number of benzene rings is 1. The van der Waals surface area contributed by atoms with E-state index in [2.05, 4.69) is 15.3 Å². The highest BCUT2D eigenvalue weighted by Crippen LogP contribution is 2.32. The average Bonchev–Trinajstić information content (AvgIpc) is 2.69. The molecule has 0 bridgehead atoms. The van der Waals surface area contributed by atoms with Gasteiger partial charge in [-0.2, -0.15) is 13.4 Å². The van der Waals surface area contributed by atoms with Crippen LogP contribution < -0.4 is 20.5 Å². The number of amides is 1. The van der Waals surface area contributed by atoms with Crippen molar-refractivity contribution in [2.45, 2.75) is 52.1 Å². The van der Waals surface area contributed by atoms with Crippen LogP contribution in [-0.4, -0.2) is 29.8 Å². The van der Waals surface area contributed by atoms with E-state index in [0.29, 0.717) is 11.6 Å². The molecule has 1 amide bonds. The predicted octanol–water partition coefficient (Wildman–Crippen LogP) is 4.11. The highest BCUT2D eigenvalue weighted by atomic mass is 32.2. The van der Waals surface area contributed by atoms with Crippen molar-refractivity contribution in [1.82, 2.24) is 14.7 Å². The summed E-state index contributed by atoms with van der Waals surface area (Å²) >= 11 is 0. The Balaban J connectivity index is 2.03. The van der Waals surface area contributed by atoms with Crippen LogP contribution in [0.5, 0.6) is 11.6 Å². The van der Waals surface area contributed by atoms with Crippen molar-refractivity contribution in [1.29, 1.82) is 0 Å². The number of nitrogens with one attached hydrogen (secondary N) is 2. The number of hydrogen-bond acceptors (Lipinski definition) is 8. The van der Waals surface area contributed by atoms with E-state index in [1.807, 2.05) is 58.4 Å². The smallest absolute Gasteiger partial charge is 0.281 e. The number of hydrogen-bond donors (Lipinski definition) is 3.